The van der Waals surface area contributed by atoms with E-state index in [2.05, 4.69) is 5.32 Å². The number of halogens is 2. The number of anilines is 2. The minimum absolute atomic E-state index is 0.0384. The first kappa shape index (κ1) is 24.6. The lowest BCUT2D eigenvalue weighted by Gasteiger charge is -2.24. The van der Waals surface area contributed by atoms with Crippen LogP contribution in [0.2, 0.25) is 10.0 Å². The van der Waals surface area contributed by atoms with Gasteiger partial charge in [0.15, 0.2) is 0 Å². The Balaban J connectivity index is 1.95. The Labute approximate surface area is 201 Å². The van der Waals surface area contributed by atoms with Crippen LogP contribution in [-0.4, -0.2) is 33.9 Å². The average molecular weight is 507 g/mol. The van der Waals surface area contributed by atoms with Gasteiger partial charge >= 0.3 is 5.97 Å². The molecule has 0 aliphatic rings. The molecule has 1 amide bonds. The van der Waals surface area contributed by atoms with Gasteiger partial charge in [-0.05, 0) is 67.1 Å². The predicted molar refractivity (Wildman–Crippen MR) is 129 cm³/mol. The van der Waals surface area contributed by atoms with Crippen LogP contribution >= 0.6 is 23.2 Å². The quantitative estimate of drug-likeness (QED) is 0.459. The molecule has 1 N–H and O–H groups in total. The van der Waals surface area contributed by atoms with E-state index >= 15 is 0 Å². The van der Waals surface area contributed by atoms with E-state index in [0.29, 0.717) is 21.3 Å². The second kappa shape index (κ2) is 10.2. The zero-order valence-corrected chi connectivity index (χ0v) is 20.0. The molecule has 0 spiro atoms. The van der Waals surface area contributed by atoms with Crippen LogP contribution < -0.4 is 9.62 Å². The van der Waals surface area contributed by atoms with Gasteiger partial charge in [0.25, 0.3) is 10.0 Å². The number of nitrogens with one attached hydrogen (secondary N) is 1. The molecule has 0 bridgehead atoms. The Kier molecular flexibility index (Phi) is 7.63. The van der Waals surface area contributed by atoms with Crippen molar-refractivity contribution in [2.45, 2.75) is 11.8 Å². The summed E-state index contributed by atoms with van der Waals surface area (Å²) in [6.45, 7) is 1.12. The summed E-state index contributed by atoms with van der Waals surface area (Å²) >= 11 is 12.0. The number of carbonyl (C=O) groups excluding carboxylic acids is 2. The number of sulfonamides is 1. The highest BCUT2D eigenvalue weighted by atomic mass is 35.5. The average Bonchev–Trinajstić information content (AvgIpc) is 2.78. The monoisotopic (exact) mass is 506 g/mol. The third kappa shape index (κ3) is 5.65. The van der Waals surface area contributed by atoms with Crippen molar-refractivity contribution in [3.05, 3.63) is 87.9 Å². The smallest absolute Gasteiger partial charge is 0.338 e. The number of methoxy groups -OCH3 is 1. The van der Waals surface area contributed by atoms with Gasteiger partial charge in [-0.2, -0.15) is 0 Å². The highest BCUT2D eigenvalue weighted by Crippen LogP contribution is 2.27. The van der Waals surface area contributed by atoms with Crippen molar-refractivity contribution in [1.29, 1.82) is 0 Å². The molecule has 3 aromatic carbocycles. The van der Waals surface area contributed by atoms with Gasteiger partial charge in [-0.3, -0.25) is 9.10 Å². The molecule has 0 atom stereocenters. The molecule has 172 valence electrons. The summed E-state index contributed by atoms with van der Waals surface area (Å²) in [5.74, 6) is -1.16. The maximum absolute atomic E-state index is 13.4. The molecule has 0 aliphatic heterocycles. The van der Waals surface area contributed by atoms with Gasteiger partial charge in [0.05, 0.1) is 23.3 Å². The van der Waals surface area contributed by atoms with E-state index in [4.69, 9.17) is 27.9 Å². The van der Waals surface area contributed by atoms with Crippen LogP contribution in [0.3, 0.4) is 0 Å². The number of hydrogen-bond donors (Lipinski definition) is 1. The second-order valence-corrected chi connectivity index (χ2v) is 9.70. The van der Waals surface area contributed by atoms with E-state index in [9.17, 15) is 18.0 Å². The Bertz CT molecular complexity index is 1290. The van der Waals surface area contributed by atoms with Gasteiger partial charge in [-0.1, -0.05) is 35.3 Å². The van der Waals surface area contributed by atoms with Crippen LogP contribution in [0, 0.1) is 6.92 Å². The zero-order chi connectivity index (χ0) is 24.2. The van der Waals surface area contributed by atoms with E-state index < -0.39 is 28.4 Å². The van der Waals surface area contributed by atoms with E-state index in [-0.39, 0.29) is 16.1 Å². The van der Waals surface area contributed by atoms with Crippen LogP contribution in [0.25, 0.3) is 0 Å². The zero-order valence-electron chi connectivity index (χ0n) is 17.7. The fraction of sp³-hybridized carbons (Fsp3) is 0.130. The Morgan fingerprint density at radius 3 is 2.27 bits per heavy atom. The fourth-order valence-electron chi connectivity index (χ4n) is 3.10. The number of carbonyl (C=O) groups is 2. The van der Waals surface area contributed by atoms with Gasteiger partial charge < -0.3 is 10.1 Å². The molecule has 33 heavy (non-hydrogen) atoms. The lowest BCUT2D eigenvalue weighted by atomic mass is 10.1. The van der Waals surface area contributed by atoms with Crippen LogP contribution in [0.15, 0.2) is 71.6 Å². The predicted octanol–water partition coefficient (Wildman–Crippen LogP) is 4.92. The number of benzene rings is 3. The van der Waals surface area contributed by atoms with Crippen LogP contribution in [-0.2, 0) is 19.6 Å². The molecule has 0 heterocycles. The van der Waals surface area contributed by atoms with Crippen molar-refractivity contribution in [1.82, 2.24) is 0 Å². The summed E-state index contributed by atoms with van der Waals surface area (Å²) in [4.78, 5) is 24.8. The largest absolute Gasteiger partial charge is 0.465 e. The van der Waals surface area contributed by atoms with Crippen molar-refractivity contribution in [2.75, 3.05) is 23.3 Å². The molecular weight excluding hydrogens is 487 g/mol. The van der Waals surface area contributed by atoms with Crippen molar-refractivity contribution >= 4 is 56.5 Å². The van der Waals surface area contributed by atoms with Crippen LogP contribution in [0.1, 0.15) is 15.9 Å². The standard InChI is InChI=1S/C23H20Cl2N2O5S/c1-15-20(23(29)32-2)7-4-8-21(15)26-22(28)14-27(18-6-3-5-17(25)13-18)33(30,31)19-11-9-16(24)10-12-19/h3-13H,14H2,1-2H3,(H,26,28). The Hall–Kier alpha value is -3.07. The normalized spacial score (nSPS) is 11.0. The van der Waals surface area contributed by atoms with Gasteiger partial charge in [0.2, 0.25) is 5.91 Å². The Morgan fingerprint density at radius 2 is 1.64 bits per heavy atom. The number of hydrogen-bond acceptors (Lipinski definition) is 5. The molecule has 0 fully saturated rings. The van der Waals surface area contributed by atoms with Crippen LogP contribution in [0.5, 0.6) is 0 Å². The maximum Gasteiger partial charge on any atom is 0.338 e. The SMILES string of the molecule is COC(=O)c1cccc(NC(=O)CN(c2cccc(Cl)c2)S(=O)(=O)c2ccc(Cl)cc2)c1C. The first-order valence-electron chi connectivity index (χ1n) is 9.65. The molecule has 0 aliphatic carbocycles. The summed E-state index contributed by atoms with van der Waals surface area (Å²) in [6.07, 6.45) is 0. The summed E-state index contributed by atoms with van der Waals surface area (Å²) in [7, 11) is -2.87. The first-order valence-corrected chi connectivity index (χ1v) is 11.8. The minimum Gasteiger partial charge on any atom is -0.465 e. The van der Waals surface area contributed by atoms with Gasteiger partial charge in [-0.15, -0.1) is 0 Å². The number of rotatable bonds is 7. The molecule has 0 aromatic heterocycles. The molecule has 10 heteroatoms. The van der Waals surface area contributed by atoms with Crippen molar-refractivity contribution in [2.24, 2.45) is 0 Å². The summed E-state index contributed by atoms with van der Waals surface area (Å²) in [5.41, 5.74) is 1.36. The van der Waals surface area contributed by atoms with E-state index in [0.717, 1.165) is 4.31 Å². The van der Waals surface area contributed by atoms with Gasteiger partial charge in [0, 0.05) is 15.7 Å². The van der Waals surface area contributed by atoms with E-state index in [1.165, 1.54) is 43.5 Å². The molecule has 0 unspecified atom stereocenters. The lowest BCUT2D eigenvalue weighted by Crippen LogP contribution is -2.38. The lowest BCUT2D eigenvalue weighted by molar-refractivity contribution is -0.114. The molecule has 0 saturated heterocycles. The number of nitrogens with zero attached hydrogens (tertiary/aromatic N) is 1. The highest BCUT2D eigenvalue weighted by Gasteiger charge is 2.28. The third-order valence-corrected chi connectivity index (χ3v) is 7.07. The van der Waals surface area contributed by atoms with E-state index in [1.807, 2.05) is 0 Å². The third-order valence-electron chi connectivity index (χ3n) is 4.80. The minimum atomic E-state index is -4.13. The topological polar surface area (TPSA) is 92.8 Å². The van der Waals surface area contributed by atoms with Crippen molar-refractivity contribution in [3.63, 3.8) is 0 Å². The molecule has 3 aromatic rings. The summed E-state index contributed by atoms with van der Waals surface area (Å²) in [5, 5.41) is 3.36. The number of esters is 1. The molecule has 7 nitrogen and oxygen atoms in total. The highest BCUT2D eigenvalue weighted by molar-refractivity contribution is 7.92. The van der Waals surface area contributed by atoms with Gasteiger partial charge in [-0.25, -0.2) is 13.2 Å². The second-order valence-electron chi connectivity index (χ2n) is 6.96. The fourth-order valence-corrected chi connectivity index (χ4v) is 4.83. The maximum atomic E-state index is 13.4. The van der Waals surface area contributed by atoms with Crippen LogP contribution in [0.4, 0.5) is 11.4 Å². The molecule has 3 rings (SSSR count). The van der Waals surface area contributed by atoms with E-state index in [1.54, 1.807) is 37.3 Å². The summed E-state index contributed by atoms with van der Waals surface area (Å²) < 4.78 is 32.5. The Morgan fingerprint density at radius 1 is 0.970 bits per heavy atom. The van der Waals surface area contributed by atoms with Gasteiger partial charge in [0.1, 0.15) is 6.54 Å². The van der Waals surface area contributed by atoms with Crippen molar-refractivity contribution in [3.8, 4) is 0 Å². The summed E-state index contributed by atoms with van der Waals surface area (Å²) in [6, 6.07) is 16.6. The number of amides is 1. The first-order chi connectivity index (χ1) is 15.6. The molecule has 0 radical (unpaired) electrons. The molecular formula is C23H20Cl2N2O5S. The molecule has 0 saturated carbocycles. The van der Waals surface area contributed by atoms with Crippen molar-refractivity contribution < 1.29 is 22.7 Å². The number of ether oxygens (including phenoxy) is 1.